The molecular formula is C19H23FO3. The molecule has 1 heterocycles. The Labute approximate surface area is 137 Å². The maximum atomic E-state index is 13.2. The van der Waals surface area contributed by atoms with Crippen LogP contribution in [0.3, 0.4) is 0 Å². The summed E-state index contributed by atoms with van der Waals surface area (Å²) in [6, 6.07) is 5.75. The second-order valence-corrected chi connectivity index (χ2v) is 5.78. The maximum absolute atomic E-state index is 13.2. The van der Waals surface area contributed by atoms with Gasteiger partial charge in [0.05, 0.1) is 7.11 Å². The van der Waals surface area contributed by atoms with Crippen molar-refractivity contribution in [1.29, 1.82) is 0 Å². The Morgan fingerprint density at radius 3 is 2.26 bits per heavy atom. The van der Waals surface area contributed by atoms with Crippen LogP contribution in [0.5, 0.6) is 17.2 Å². The molecule has 0 saturated heterocycles. The lowest BCUT2D eigenvalue weighted by Crippen LogP contribution is -1.94. The van der Waals surface area contributed by atoms with Gasteiger partial charge in [0.1, 0.15) is 5.82 Å². The van der Waals surface area contributed by atoms with Crippen molar-refractivity contribution in [1.82, 2.24) is 0 Å². The summed E-state index contributed by atoms with van der Waals surface area (Å²) >= 11 is 0. The average molecular weight is 318 g/mol. The molecule has 0 bridgehead atoms. The fourth-order valence-electron chi connectivity index (χ4n) is 2.51. The molecule has 2 aromatic carbocycles. The molecule has 1 aliphatic heterocycles. The normalized spacial score (nSPS) is 11.8. The Kier molecular flexibility index (Phi) is 5.14. The third-order valence-electron chi connectivity index (χ3n) is 4.07. The summed E-state index contributed by atoms with van der Waals surface area (Å²) in [5, 5.41) is 0. The summed E-state index contributed by atoms with van der Waals surface area (Å²) < 4.78 is 28.8. The first kappa shape index (κ1) is 17.1. The molecule has 0 spiro atoms. The number of methoxy groups -OCH3 is 1. The number of halogens is 1. The van der Waals surface area contributed by atoms with Crippen LogP contribution in [0, 0.1) is 40.4 Å². The molecule has 1 aliphatic rings. The molecule has 0 aliphatic carbocycles. The van der Waals surface area contributed by atoms with Gasteiger partial charge in [-0.25, -0.2) is 4.39 Å². The van der Waals surface area contributed by atoms with E-state index in [1.807, 2.05) is 45.9 Å². The molecule has 4 heteroatoms. The summed E-state index contributed by atoms with van der Waals surface area (Å²) in [5.41, 5.74) is 4.86. The molecule has 0 saturated carbocycles. The number of rotatable bonds is 1. The summed E-state index contributed by atoms with van der Waals surface area (Å²) in [4.78, 5) is 0. The van der Waals surface area contributed by atoms with Crippen LogP contribution in [0.1, 0.15) is 27.8 Å². The van der Waals surface area contributed by atoms with E-state index in [0.717, 1.165) is 33.8 Å². The van der Waals surface area contributed by atoms with E-state index in [2.05, 4.69) is 0 Å². The molecule has 0 atom stereocenters. The minimum atomic E-state index is -0.0619. The molecule has 0 aromatic heterocycles. The third kappa shape index (κ3) is 3.58. The minimum Gasteiger partial charge on any atom is -0.493 e. The molecule has 3 rings (SSSR count). The van der Waals surface area contributed by atoms with Crippen LogP contribution in [-0.2, 0) is 0 Å². The van der Waals surface area contributed by atoms with Crippen LogP contribution in [0.15, 0.2) is 18.2 Å². The van der Waals surface area contributed by atoms with Gasteiger partial charge in [0.15, 0.2) is 11.5 Å². The molecule has 3 nitrogen and oxygen atoms in total. The Morgan fingerprint density at radius 2 is 1.61 bits per heavy atom. The quantitative estimate of drug-likeness (QED) is 0.756. The molecule has 0 fully saturated rings. The molecule has 0 N–H and O–H groups in total. The van der Waals surface area contributed by atoms with Gasteiger partial charge in [-0.05, 0) is 74.6 Å². The van der Waals surface area contributed by atoms with Crippen molar-refractivity contribution in [2.75, 3.05) is 13.9 Å². The molecule has 2 aromatic rings. The number of ether oxygens (including phenoxy) is 3. The highest BCUT2D eigenvalue weighted by Gasteiger charge is 2.18. The van der Waals surface area contributed by atoms with Gasteiger partial charge in [0.2, 0.25) is 12.5 Å². The number of hydrogen-bond donors (Lipinski definition) is 0. The van der Waals surface area contributed by atoms with Crippen molar-refractivity contribution in [3.8, 4) is 17.2 Å². The highest BCUT2D eigenvalue weighted by atomic mass is 19.1. The molecule has 23 heavy (non-hydrogen) atoms. The summed E-state index contributed by atoms with van der Waals surface area (Å²) in [7, 11) is 1.62. The van der Waals surface area contributed by atoms with Crippen LogP contribution in [-0.4, -0.2) is 13.9 Å². The number of fused-ring (bicyclic) bond motifs is 1. The first-order valence-corrected chi connectivity index (χ1v) is 7.52. The number of benzene rings is 2. The van der Waals surface area contributed by atoms with Crippen molar-refractivity contribution in [3.05, 3.63) is 51.8 Å². The molecule has 0 unspecified atom stereocenters. The highest BCUT2D eigenvalue weighted by Crippen LogP contribution is 2.41. The monoisotopic (exact) mass is 318 g/mol. The van der Waals surface area contributed by atoms with Crippen LogP contribution in [0.4, 0.5) is 4.39 Å². The van der Waals surface area contributed by atoms with Gasteiger partial charge < -0.3 is 14.2 Å². The van der Waals surface area contributed by atoms with Crippen LogP contribution in [0.25, 0.3) is 0 Å². The summed E-state index contributed by atoms with van der Waals surface area (Å²) in [6.07, 6.45) is 0. The number of aryl methyl sites for hydroxylation is 3. The van der Waals surface area contributed by atoms with Gasteiger partial charge in [0.25, 0.3) is 0 Å². The fourth-order valence-corrected chi connectivity index (χ4v) is 2.51. The first-order chi connectivity index (χ1) is 10.8. The highest BCUT2D eigenvalue weighted by molar-refractivity contribution is 5.54. The lowest BCUT2D eigenvalue weighted by atomic mass is 10.0. The van der Waals surface area contributed by atoms with Crippen LogP contribution >= 0.6 is 0 Å². The Bertz CT molecular complexity index is 697. The van der Waals surface area contributed by atoms with Crippen molar-refractivity contribution in [3.63, 3.8) is 0 Å². The zero-order chi connectivity index (χ0) is 17.1. The van der Waals surface area contributed by atoms with Gasteiger partial charge >= 0.3 is 0 Å². The van der Waals surface area contributed by atoms with E-state index in [9.17, 15) is 4.39 Å². The van der Waals surface area contributed by atoms with E-state index < -0.39 is 0 Å². The predicted octanol–water partition coefficient (Wildman–Crippen LogP) is 4.79. The van der Waals surface area contributed by atoms with E-state index in [1.165, 1.54) is 5.56 Å². The Balaban J connectivity index is 0.000000168. The summed E-state index contributed by atoms with van der Waals surface area (Å²) in [5.74, 6) is 2.16. The zero-order valence-electron chi connectivity index (χ0n) is 14.5. The smallest absolute Gasteiger partial charge is 0.231 e. The molecule has 0 radical (unpaired) electrons. The van der Waals surface area contributed by atoms with Crippen LogP contribution < -0.4 is 14.2 Å². The molecule has 124 valence electrons. The van der Waals surface area contributed by atoms with E-state index in [4.69, 9.17) is 14.2 Å². The largest absolute Gasteiger partial charge is 0.493 e. The van der Waals surface area contributed by atoms with Crippen molar-refractivity contribution in [2.24, 2.45) is 0 Å². The lowest BCUT2D eigenvalue weighted by molar-refractivity contribution is 0.171. The Morgan fingerprint density at radius 1 is 0.913 bits per heavy atom. The molecular weight excluding hydrogens is 295 g/mol. The van der Waals surface area contributed by atoms with Gasteiger partial charge in [0, 0.05) is 0 Å². The summed E-state index contributed by atoms with van der Waals surface area (Å²) in [6.45, 7) is 9.86. The number of hydrogen-bond acceptors (Lipinski definition) is 3. The predicted molar refractivity (Wildman–Crippen MR) is 89.2 cm³/mol. The van der Waals surface area contributed by atoms with Crippen molar-refractivity contribution in [2.45, 2.75) is 34.6 Å². The zero-order valence-corrected chi connectivity index (χ0v) is 14.5. The van der Waals surface area contributed by atoms with Crippen molar-refractivity contribution < 1.29 is 18.6 Å². The standard InChI is InChI=1S/C10H13F.C9H10O3/c1-6-5-7(2)10(11)9(4)8(6)3;1-6-3-7(10-2)9-8(4-6)11-5-12-9/h5H,1-4H3;3-4H,5H2,1-2H3. The van der Waals surface area contributed by atoms with E-state index in [1.54, 1.807) is 14.0 Å². The third-order valence-corrected chi connectivity index (χ3v) is 4.07. The maximum Gasteiger partial charge on any atom is 0.231 e. The van der Waals surface area contributed by atoms with Crippen LogP contribution in [0.2, 0.25) is 0 Å². The Hall–Kier alpha value is -2.23. The second kappa shape index (κ2) is 6.90. The van der Waals surface area contributed by atoms with E-state index in [-0.39, 0.29) is 12.6 Å². The first-order valence-electron chi connectivity index (χ1n) is 7.52. The SMILES string of the molecule is COc1cc(C)cc2c1OCO2.Cc1cc(C)c(F)c(C)c1C. The van der Waals surface area contributed by atoms with Gasteiger partial charge in [-0.2, -0.15) is 0 Å². The van der Waals surface area contributed by atoms with Gasteiger partial charge in [-0.1, -0.05) is 6.07 Å². The fraction of sp³-hybridized carbons (Fsp3) is 0.368. The van der Waals surface area contributed by atoms with Gasteiger partial charge in [-0.3, -0.25) is 0 Å². The minimum absolute atomic E-state index is 0.0619. The second-order valence-electron chi connectivity index (χ2n) is 5.78. The van der Waals surface area contributed by atoms with E-state index >= 15 is 0 Å². The van der Waals surface area contributed by atoms with Gasteiger partial charge in [-0.15, -0.1) is 0 Å². The topological polar surface area (TPSA) is 27.7 Å². The lowest BCUT2D eigenvalue weighted by Gasteiger charge is -2.07. The molecule has 0 amide bonds. The van der Waals surface area contributed by atoms with E-state index in [0.29, 0.717) is 5.75 Å². The average Bonchev–Trinajstić information content (AvgIpc) is 2.99. The van der Waals surface area contributed by atoms with Crippen molar-refractivity contribution >= 4 is 0 Å².